The number of amides is 1. The van der Waals surface area contributed by atoms with Crippen LogP contribution >= 0.6 is 23.7 Å². The molecule has 2 rings (SSSR count). The minimum atomic E-state index is -0.117. The second-order valence-corrected chi connectivity index (χ2v) is 7.63. The van der Waals surface area contributed by atoms with Gasteiger partial charge in [-0.3, -0.25) is 4.79 Å². The van der Waals surface area contributed by atoms with E-state index in [-0.39, 0.29) is 10.7 Å². The molecule has 0 unspecified atom stereocenters. The van der Waals surface area contributed by atoms with Crippen molar-refractivity contribution in [3.63, 3.8) is 0 Å². The van der Waals surface area contributed by atoms with Crippen molar-refractivity contribution in [3.05, 3.63) is 12.2 Å². The van der Waals surface area contributed by atoms with Gasteiger partial charge in [-0.15, -0.1) is 5.10 Å². The molecule has 1 aromatic heterocycles. The predicted octanol–water partition coefficient (Wildman–Crippen LogP) is 1.52. The summed E-state index contributed by atoms with van der Waals surface area (Å²) >= 11 is 2.81. The first-order valence-electron chi connectivity index (χ1n) is 6.00. The number of nitrogens with zero attached hydrogens (tertiary/aromatic N) is 5. The molecule has 1 aliphatic heterocycles. The average Bonchev–Trinajstić information content (AvgIpc) is 2.85. The molecule has 1 aliphatic rings. The van der Waals surface area contributed by atoms with Crippen LogP contribution in [0.15, 0.2) is 15.8 Å². The van der Waals surface area contributed by atoms with E-state index in [0.29, 0.717) is 16.7 Å². The fourth-order valence-electron chi connectivity index (χ4n) is 1.29. The maximum absolute atomic E-state index is 11.1. The van der Waals surface area contributed by atoms with Gasteiger partial charge in [0.1, 0.15) is 6.33 Å². The van der Waals surface area contributed by atoms with E-state index in [1.807, 2.05) is 6.92 Å². The largest absolute Gasteiger partial charge is 0.272 e. The van der Waals surface area contributed by atoms with E-state index in [4.69, 9.17) is 0 Å². The number of hydrogen-bond donors (Lipinski definition) is 1. The summed E-state index contributed by atoms with van der Waals surface area (Å²) in [5.74, 6) is 0.837. The van der Waals surface area contributed by atoms with E-state index in [9.17, 15) is 4.79 Å². The van der Waals surface area contributed by atoms with Gasteiger partial charge in [-0.05, 0) is 39.6 Å². The van der Waals surface area contributed by atoms with Gasteiger partial charge in [0.25, 0.3) is 5.91 Å². The Morgan fingerprint density at radius 2 is 2.30 bits per heavy atom. The van der Waals surface area contributed by atoms with Crippen LogP contribution in [0.5, 0.6) is 0 Å². The Kier molecular flexibility index (Phi) is 4.48. The van der Waals surface area contributed by atoms with Gasteiger partial charge in [-0.2, -0.15) is 9.78 Å². The number of thioether (sulfide) groups is 1. The van der Waals surface area contributed by atoms with Crippen LogP contribution in [-0.4, -0.2) is 42.1 Å². The third-order valence-electron chi connectivity index (χ3n) is 2.12. The highest BCUT2D eigenvalue weighted by Gasteiger charge is 2.19. The molecule has 0 saturated carbocycles. The molecule has 0 aromatic carbocycles. The van der Waals surface area contributed by atoms with Crippen molar-refractivity contribution in [2.24, 2.45) is 9.50 Å². The second kappa shape index (κ2) is 5.96. The zero-order valence-corrected chi connectivity index (χ0v) is 13.4. The number of hydrazone groups is 1. The van der Waals surface area contributed by atoms with Gasteiger partial charge in [0.05, 0.1) is 11.5 Å². The Labute approximate surface area is 125 Å². The Bertz CT molecular complexity index is 572. The molecule has 0 radical (unpaired) electrons. The highest BCUT2D eigenvalue weighted by Crippen LogP contribution is 2.25. The van der Waals surface area contributed by atoms with Crippen molar-refractivity contribution < 1.29 is 4.79 Å². The fraction of sp³-hybridized carbons (Fsp3) is 0.545. The Hall–Kier alpha value is -1.35. The molecule has 1 aromatic rings. The van der Waals surface area contributed by atoms with E-state index in [0.717, 1.165) is 5.71 Å². The highest BCUT2D eigenvalue weighted by atomic mass is 32.2. The van der Waals surface area contributed by atoms with Crippen molar-refractivity contribution in [1.82, 2.24) is 20.2 Å². The van der Waals surface area contributed by atoms with Crippen LogP contribution in [0.3, 0.4) is 0 Å². The summed E-state index contributed by atoms with van der Waals surface area (Å²) in [5, 5.41) is 8.72. The molecule has 0 atom stereocenters. The molecule has 0 fully saturated rings. The van der Waals surface area contributed by atoms with Crippen LogP contribution in [0.1, 0.15) is 33.5 Å². The molecular formula is C11H16N6OS2. The Morgan fingerprint density at radius 1 is 1.55 bits per heavy atom. The van der Waals surface area contributed by atoms with Crippen molar-refractivity contribution in [1.29, 1.82) is 0 Å². The molecule has 7 nitrogen and oxygen atoms in total. The van der Waals surface area contributed by atoms with Crippen LogP contribution in [0.2, 0.25) is 0 Å². The van der Waals surface area contributed by atoms with E-state index in [1.54, 1.807) is 4.68 Å². The maximum atomic E-state index is 11.1. The van der Waals surface area contributed by atoms with E-state index in [1.165, 1.54) is 30.0 Å². The lowest BCUT2D eigenvalue weighted by Gasteiger charge is -2.14. The predicted molar refractivity (Wildman–Crippen MR) is 83.0 cm³/mol. The topological polar surface area (TPSA) is 84.5 Å². The van der Waals surface area contributed by atoms with Crippen molar-refractivity contribution in [2.75, 3.05) is 5.75 Å². The maximum Gasteiger partial charge on any atom is 0.250 e. The lowest BCUT2D eigenvalue weighted by Crippen LogP contribution is -2.30. The molecule has 1 N–H and O–H groups in total. The van der Waals surface area contributed by atoms with Crippen molar-refractivity contribution in [2.45, 2.75) is 32.4 Å². The quantitative estimate of drug-likeness (QED) is 0.661. The van der Waals surface area contributed by atoms with E-state index in [2.05, 4.69) is 45.8 Å². The Balaban J connectivity index is 2.22. The normalized spacial score (nSPS) is 16.9. The minimum absolute atomic E-state index is 0.0389. The average molecular weight is 312 g/mol. The first-order valence-corrected chi connectivity index (χ1v) is 7.75. The highest BCUT2D eigenvalue weighted by molar-refractivity contribution is 8.14. The Morgan fingerprint density at radius 3 is 2.90 bits per heavy atom. The van der Waals surface area contributed by atoms with Gasteiger partial charge in [-0.1, -0.05) is 11.8 Å². The minimum Gasteiger partial charge on any atom is -0.272 e. The molecule has 0 saturated heterocycles. The number of rotatable bonds is 2. The van der Waals surface area contributed by atoms with Crippen LogP contribution in [0, 0.1) is 0 Å². The zero-order chi connectivity index (χ0) is 14.8. The summed E-state index contributed by atoms with van der Waals surface area (Å²) in [4.78, 5) is 15.3. The standard InChI is InChI=1S/C11H16N6OS2/c1-7(16-20-11(2,3)4)9-12-6-13-17(9)10-15-14-8(18)5-19-10/h6H,5H2,1-4H3,(H,14,18)/b16-7+. The van der Waals surface area contributed by atoms with Gasteiger partial charge in [-0.25, -0.2) is 14.8 Å². The fourth-order valence-corrected chi connectivity index (χ4v) is 2.47. The van der Waals surface area contributed by atoms with E-state index >= 15 is 0 Å². The number of nitrogens with one attached hydrogen (secondary N) is 1. The van der Waals surface area contributed by atoms with Gasteiger partial charge >= 0.3 is 0 Å². The lowest BCUT2D eigenvalue weighted by atomic mass is 10.3. The smallest absolute Gasteiger partial charge is 0.250 e. The number of aromatic nitrogens is 3. The first-order chi connectivity index (χ1) is 9.37. The third kappa shape index (κ3) is 3.83. The van der Waals surface area contributed by atoms with E-state index < -0.39 is 0 Å². The summed E-state index contributed by atoms with van der Waals surface area (Å²) in [6, 6.07) is 0. The van der Waals surface area contributed by atoms with Crippen molar-refractivity contribution in [3.8, 4) is 0 Å². The summed E-state index contributed by atoms with van der Waals surface area (Å²) in [5.41, 5.74) is 3.20. The number of hydrogen-bond acceptors (Lipinski definition) is 7. The van der Waals surface area contributed by atoms with Gasteiger partial charge in [0.15, 0.2) is 5.82 Å². The molecule has 0 aliphatic carbocycles. The number of carbonyl (C=O) groups is 1. The van der Waals surface area contributed by atoms with Gasteiger partial charge in [0.2, 0.25) is 5.17 Å². The van der Waals surface area contributed by atoms with Crippen LogP contribution in [0.25, 0.3) is 0 Å². The van der Waals surface area contributed by atoms with Gasteiger partial charge in [0, 0.05) is 4.75 Å². The first kappa shape index (κ1) is 15.0. The third-order valence-corrected chi connectivity index (χ3v) is 3.96. The monoisotopic (exact) mass is 312 g/mol. The van der Waals surface area contributed by atoms with Crippen LogP contribution in [-0.2, 0) is 4.79 Å². The molecule has 0 bridgehead atoms. The molecule has 108 valence electrons. The van der Waals surface area contributed by atoms with Gasteiger partial charge < -0.3 is 0 Å². The summed E-state index contributed by atoms with van der Waals surface area (Å²) in [6.45, 7) is 8.16. The molecule has 9 heteroatoms. The summed E-state index contributed by atoms with van der Waals surface area (Å²) in [6.07, 6.45) is 1.45. The van der Waals surface area contributed by atoms with Crippen LogP contribution in [0.4, 0.5) is 0 Å². The lowest BCUT2D eigenvalue weighted by molar-refractivity contribution is -0.118. The molecular weight excluding hydrogens is 296 g/mol. The summed E-state index contributed by atoms with van der Waals surface area (Å²) in [7, 11) is 0. The molecule has 0 spiro atoms. The number of carbonyl (C=O) groups excluding carboxylic acids is 1. The molecule has 20 heavy (non-hydrogen) atoms. The second-order valence-electron chi connectivity index (χ2n) is 5.09. The summed E-state index contributed by atoms with van der Waals surface area (Å²) < 4.78 is 6.10. The molecule has 2 heterocycles. The SMILES string of the molecule is C/C(=N\SC(C)(C)C)c1ncnn1C1=NNC(=O)CS1. The van der Waals surface area contributed by atoms with Crippen LogP contribution < -0.4 is 5.43 Å². The molecule has 1 amide bonds. The zero-order valence-electron chi connectivity index (χ0n) is 11.7. The van der Waals surface area contributed by atoms with Crippen molar-refractivity contribution >= 4 is 40.5 Å².